The molecule has 3 aromatic rings. The van der Waals surface area contributed by atoms with E-state index in [4.69, 9.17) is 21.7 Å². The van der Waals surface area contributed by atoms with E-state index in [1.807, 2.05) is 53.2 Å². The Morgan fingerprint density at radius 3 is 2.19 bits per heavy atom. The van der Waals surface area contributed by atoms with Crippen LogP contribution >= 0.6 is 12.2 Å². The predicted molar refractivity (Wildman–Crippen MR) is 121 cm³/mol. The Morgan fingerprint density at radius 1 is 1.03 bits per heavy atom. The molecule has 31 heavy (non-hydrogen) atoms. The summed E-state index contributed by atoms with van der Waals surface area (Å²) >= 11 is 5.44. The van der Waals surface area contributed by atoms with E-state index in [9.17, 15) is 4.79 Å². The number of ether oxygens (including phenoxy) is 2. The van der Waals surface area contributed by atoms with E-state index >= 15 is 0 Å². The minimum atomic E-state index is 0.0502. The van der Waals surface area contributed by atoms with Gasteiger partial charge in [-0.3, -0.25) is 14.8 Å². The van der Waals surface area contributed by atoms with E-state index in [-0.39, 0.29) is 11.7 Å². The smallest absolute Gasteiger partial charge is 0.217 e. The van der Waals surface area contributed by atoms with Crippen molar-refractivity contribution >= 4 is 18.0 Å². The van der Waals surface area contributed by atoms with Crippen LogP contribution in [0, 0.1) is 10.7 Å². The molecule has 0 amide bonds. The van der Waals surface area contributed by atoms with Crippen LogP contribution in [0.1, 0.15) is 23.2 Å². The molecule has 0 radical (unpaired) electrons. The van der Waals surface area contributed by atoms with E-state index in [1.165, 1.54) is 0 Å². The van der Waals surface area contributed by atoms with Gasteiger partial charge in [-0.15, -0.1) is 0 Å². The number of aromatic nitrogens is 3. The average molecular weight is 439 g/mol. The average Bonchev–Trinajstić information content (AvgIpc) is 3.19. The number of likely N-dealkylation sites (tertiary alicyclic amines) is 1. The van der Waals surface area contributed by atoms with Gasteiger partial charge in [-0.2, -0.15) is 4.98 Å². The summed E-state index contributed by atoms with van der Waals surface area (Å²) in [6, 6.07) is 15.1. The van der Waals surface area contributed by atoms with Crippen molar-refractivity contribution in [2.75, 3.05) is 27.3 Å². The van der Waals surface area contributed by atoms with Gasteiger partial charge in [-0.25, -0.2) is 4.68 Å². The number of carbonyl (C=O) groups is 1. The lowest BCUT2D eigenvalue weighted by atomic mass is 9.89. The Hall–Kier alpha value is -2.97. The lowest BCUT2D eigenvalue weighted by Crippen LogP contribution is -2.37. The molecule has 1 aliphatic heterocycles. The van der Waals surface area contributed by atoms with Crippen molar-refractivity contribution in [2.45, 2.75) is 19.5 Å². The molecule has 0 unspecified atom stereocenters. The number of carbonyl (C=O) groups excluding carboxylic acids is 1. The van der Waals surface area contributed by atoms with Crippen LogP contribution < -0.4 is 9.47 Å². The maximum Gasteiger partial charge on any atom is 0.217 e. The number of Topliss-reactive ketones (excluding diaryl/α,β-unsaturated/α-hetero) is 1. The summed E-state index contributed by atoms with van der Waals surface area (Å²) in [7, 11) is 3.27. The zero-order valence-electron chi connectivity index (χ0n) is 17.7. The largest absolute Gasteiger partial charge is 0.497 e. The highest BCUT2D eigenvalue weighted by Gasteiger charge is 2.26. The molecular weight excluding hydrogens is 412 g/mol. The van der Waals surface area contributed by atoms with Crippen molar-refractivity contribution in [1.29, 1.82) is 0 Å². The Balaban J connectivity index is 1.36. The fourth-order valence-electron chi connectivity index (χ4n) is 3.86. The van der Waals surface area contributed by atoms with Gasteiger partial charge in [0.15, 0.2) is 11.6 Å². The minimum Gasteiger partial charge on any atom is -0.497 e. The zero-order valence-corrected chi connectivity index (χ0v) is 18.5. The molecule has 2 aromatic carbocycles. The van der Waals surface area contributed by atoms with Crippen LogP contribution in [0.5, 0.6) is 11.5 Å². The monoisotopic (exact) mass is 438 g/mol. The lowest BCUT2D eigenvalue weighted by Gasteiger charge is -2.31. The molecule has 4 rings (SSSR count). The zero-order chi connectivity index (χ0) is 21.8. The van der Waals surface area contributed by atoms with Gasteiger partial charge in [0, 0.05) is 30.1 Å². The molecule has 7 nitrogen and oxygen atoms in total. The quantitative estimate of drug-likeness (QED) is 0.441. The van der Waals surface area contributed by atoms with E-state index in [0.29, 0.717) is 11.4 Å². The van der Waals surface area contributed by atoms with Crippen LogP contribution in [0.25, 0.3) is 11.4 Å². The second-order valence-corrected chi connectivity index (χ2v) is 8.00. The molecule has 0 aliphatic carbocycles. The van der Waals surface area contributed by atoms with Crippen LogP contribution in [0.3, 0.4) is 0 Å². The van der Waals surface area contributed by atoms with Crippen LogP contribution in [0.2, 0.25) is 0 Å². The maximum atomic E-state index is 12.8. The molecule has 0 spiro atoms. The van der Waals surface area contributed by atoms with Gasteiger partial charge in [0.25, 0.3) is 0 Å². The van der Waals surface area contributed by atoms with Crippen LogP contribution in [-0.4, -0.2) is 52.8 Å². The highest BCUT2D eigenvalue weighted by atomic mass is 32.1. The summed E-state index contributed by atoms with van der Waals surface area (Å²) in [6.07, 6.45) is 1.66. The number of nitrogens with zero attached hydrogens (tertiary/aromatic N) is 3. The Bertz CT molecular complexity index is 1080. The molecule has 8 heteroatoms. The van der Waals surface area contributed by atoms with Crippen LogP contribution in [0.4, 0.5) is 0 Å². The number of rotatable bonds is 7. The van der Waals surface area contributed by atoms with Crippen LogP contribution in [-0.2, 0) is 6.67 Å². The molecule has 2 heterocycles. The minimum absolute atomic E-state index is 0.0502. The third kappa shape index (κ3) is 4.86. The molecule has 0 atom stereocenters. The summed E-state index contributed by atoms with van der Waals surface area (Å²) in [6.45, 7) is 2.31. The van der Waals surface area contributed by atoms with Crippen molar-refractivity contribution in [3.8, 4) is 22.9 Å². The second-order valence-electron chi connectivity index (χ2n) is 7.64. The van der Waals surface area contributed by atoms with Gasteiger partial charge in [0.2, 0.25) is 4.77 Å². The number of methoxy groups -OCH3 is 2. The first-order valence-electron chi connectivity index (χ1n) is 10.3. The predicted octanol–water partition coefficient (Wildman–Crippen LogP) is 4.18. The summed E-state index contributed by atoms with van der Waals surface area (Å²) < 4.78 is 12.8. The van der Waals surface area contributed by atoms with Gasteiger partial charge in [0.05, 0.1) is 20.9 Å². The molecule has 1 aromatic heterocycles. The first-order valence-corrected chi connectivity index (χ1v) is 10.7. The molecule has 1 aliphatic rings. The first-order chi connectivity index (χ1) is 15.1. The molecule has 1 saturated heterocycles. The number of benzene rings is 2. The van der Waals surface area contributed by atoms with Crippen molar-refractivity contribution in [2.24, 2.45) is 5.92 Å². The third-order valence-electron chi connectivity index (χ3n) is 5.72. The van der Waals surface area contributed by atoms with E-state index in [0.717, 1.165) is 54.4 Å². The molecule has 1 fully saturated rings. The maximum absolute atomic E-state index is 12.8. The van der Waals surface area contributed by atoms with Crippen molar-refractivity contribution in [3.63, 3.8) is 0 Å². The third-order valence-corrected chi connectivity index (χ3v) is 6.03. The number of nitrogens with one attached hydrogen (secondary N) is 1. The van der Waals surface area contributed by atoms with Crippen LogP contribution in [0.15, 0.2) is 48.5 Å². The fourth-order valence-corrected chi connectivity index (χ4v) is 4.05. The Morgan fingerprint density at radius 2 is 1.61 bits per heavy atom. The van der Waals surface area contributed by atoms with E-state index in [1.54, 1.807) is 14.2 Å². The van der Waals surface area contributed by atoms with Crippen molar-refractivity contribution in [3.05, 3.63) is 58.9 Å². The molecule has 0 saturated carbocycles. The van der Waals surface area contributed by atoms with Gasteiger partial charge >= 0.3 is 0 Å². The second kappa shape index (κ2) is 9.45. The van der Waals surface area contributed by atoms with Gasteiger partial charge in [-0.1, -0.05) is 0 Å². The fraction of sp³-hybridized carbons (Fsp3) is 0.348. The number of aromatic amines is 1. The number of ketones is 1. The van der Waals surface area contributed by atoms with Crippen molar-refractivity contribution < 1.29 is 14.3 Å². The summed E-state index contributed by atoms with van der Waals surface area (Å²) in [5, 5.41) is 3.29. The molecule has 1 N–H and O–H groups in total. The van der Waals surface area contributed by atoms with Gasteiger partial charge in [-0.05, 0) is 73.6 Å². The number of hydrogen-bond donors (Lipinski definition) is 1. The van der Waals surface area contributed by atoms with E-state index < -0.39 is 0 Å². The van der Waals surface area contributed by atoms with Gasteiger partial charge < -0.3 is 9.47 Å². The standard InChI is InChI=1S/C23H26N4O3S/c1-29-19-7-3-16(4-8-19)21(28)17-11-13-26(14-12-17)15-27-23(31)24-22(25-27)18-5-9-20(30-2)10-6-18/h3-10,17H,11-15H2,1-2H3,(H,24,25,31). The lowest BCUT2D eigenvalue weighted by molar-refractivity contribution is 0.0803. The summed E-state index contributed by atoms with van der Waals surface area (Å²) in [5.41, 5.74) is 1.70. The topological polar surface area (TPSA) is 72.4 Å². The molecule has 0 bridgehead atoms. The Labute approximate surface area is 186 Å². The molecule has 162 valence electrons. The number of hydrogen-bond acceptors (Lipinski definition) is 6. The summed E-state index contributed by atoms with van der Waals surface area (Å²) in [4.78, 5) is 19.6. The number of H-pyrrole nitrogens is 1. The Kier molecular flexibility index (Phi) is 6.48. The SMILES string of the molecule is COc1ccc(C(=O)C2CCN(Cn3[nH]c(-c4ccc(OC)cc4)nc3=S)CC2)cc1. The van der Waals surface area contributed by atoms with Crippen molar-refractivity contribution in [1.82, 2.24) is 19.7 Å². The van der Waals surface area contributed by atoms with E-state index in [2.05, 4.69) is 15.0 Å². The highest BCUT2D eigenvalue weighted by molar-refractivity contribution is 7.71. The highest BCUT2D eigenvalue weighted by Crippen LogP contribution is 2.24. The first kappa shape index (κ1) is 21.3. The molecular formula is C23H26N4O3S. The van der Waals surface area contributed by atoms with Gasteiger partial charge in [0.1, 0.15) is 11.5 Å². The summed E-state index contributed by atoms with van der Waals surface area (Å²) in [5.74, 6) is 2.55. The number of piperidine rings is 1. The normalized spacial score (nSPS) is 15.0.